The number of amides is 3. The second-order valence-corrected chi connectivity index (χ2v) is 7.32. The van der Waals surface area contributed by atoms with E-state index in [0.29, 0.717) is 34.2 Å². The van der Waals surface area contributed by atoms with E-state index in [1.807, 2.05) is 0 Å². The first-order chi connectivity index (χ1) is 17.4. The lowest BCUT2D eigenvalue weighted by molar-refractivity contribution is 0.0527. The van der Waals surface area contributed by atoms with Crippen LogP contribution >= 0.6 is 0 Å². The molecule has 3 N–H and O–H groups in total. The molecule has 0 aliphatic heterocycles. The van der Waals surface area contributed by atoms with Crippen molar-refractivity contribution in [1.82, 2.24) is 0 Å². The van der Waals surface area contributed by atoms with Gasteiger partial charge in [0.05, 0.1) is 39.2 Å². The summed E-state index contributed by atoms with van der Waals surface area (Å²) in [4.78, 5) is 37.6. The topological polar surface area (TPSA) is 124 Å². The highest BCUT2D eigenvalue weighted by Gasteiger charge is 2.20. The number of benzene rings is 3. The predicted molar refractivity (Wildman–Crippen MR) is 136 cm³/mol. The Hall–Kier alpha value is -4.73. The van der Waals surface area contributed by atoms with E-state index in [4.69, 9.17) is 18.9 Å². The molecular formula is C26H27N3O7. The van der Waals surface area contributed by atoms with Crippen LogP contribution in [0.25, 0.3) is 0 Å². The van der Waals surface area contributed by atoms with Crippen LogP contribution in [0, 0.1) is 0 Å². The van der Waals surface area contributed by atoms with Gasteiger partial charge in [-0.1, -0.05) is 6.07 Å². The summed E-state index contributed by atoms with van der Waals surface area (Å²) in [6, 6.07) is 15.7. The second-order valence-electron chi connectivity index (χ2n) is 7.32. The van der Waals surface area contributed by atoms with Gasteiger partial charge in [0, 0.05) is 35.1 Å². The van der Waals surface area contributed by atoms with Crippen molar-refractivity contribution in [3.63, 3.8) is 0 Å². The molecule has 3 rings (SSSR count). The van der Waals surface area contributed by atoms with Crippen molar-refractivity contribution >= 4 is 35.0 Å². The fourth-order valence-corrected chi connectivity index (χ4v) is 3.25. The molecule has 0 fully saturated rings. The van der Waals surface area contributed by atoms with Crippen LogP contribution in [-0.4, -0.2) is 45.8 Å². The van der Waals surface area contributed by atoms with E-state index in [0.717, 1.165) is 0 Å². The Bertz CT molecular complexity index is 1240. The number of carbonyl (C=O) groups is 3. The van der Waals surface area contributed by atoms with E-state index in [1.165, 1.54) is 26.4 Å². The molecule has 0 saturated heterocycles. The Labute approximate surface area is 208 Å². The maximum atomic E-state index is 12.9. The molecule has 0 aromatic heterocycles. The van der Waals surface area contributed by atoms with E-state index in [9.17, 15) is 14.4 Å². The van der Waals surface area contributed by atoms with Crippen LogP contribution in [0.3, 0.4) is 0 Å². The van der Waals surface area contributed by atoms with Gasteiger partial charge in [-0.05, 0) is 43.3 Å². The minimum Gasteiger partial charge on any atom is -0.497 e. The molecular weight excluding hydrogens is 466 g/mol. The maximum absolute atomic E-state index is 12.9. The number of esters is 1. The highest BCUT2D eigenvalue weighted by Crippen LogP contribution is 2.34. The monoisotopic (exact) mass is 493 g/mol. The number of rotatable bonds is 9. The first-order valence-corrected chi connectivity index (χ1v) is 10.9. The number of methoxy groups -OCH3 is 3. The SMILES string of the molecule is CCOC(=O)c1cc(OC)c(OC)cc1NC(=O)c1ccc(NC(=O)Nc2cccc(OC)c2)cc1. The number of anilines is 3. The van der Waals surface area contributed by atoms with Gasteiger partial charge in [0.15, 0.2) is 11.5 Å². The largest absolute Gasteiger partial charge is 0.497 e. The third-order valence-electron chi connectivity index (χ3n) is 5.00. The molecule has 3 aromatic rings. The molecule has 36 heavy (non-hydrogen) atoms. The van der Waals surface area contributed by atoms with Gasteiger partial charge in [-0.25, -0.2) is 9.59 Å². The zero-order chi connectivity index (χ0) is 26.1. The van der Waals surface area contributed by atoms with E-state index < -0.39 is 17.9 Å². The Morgan fingerprint density at radius 1 is 0.750 bits per heavy atom. The van der Waals surface area contributed by atoms with Crippen LogP contribution < -0.4 is 30.2 Å². The average Bonchev–Trinajstić information content (AvgIpc) is 2.88. The molecule has 3 amide bonds. The maximum Gasteiger partial charge on any atom is 0.340 e. The zero-order valence-corrected chi connectivity index (χ0v) is 20.3. The lowest BCUT2D eigenvalue weighted by Crippen LogP contribution is -2.19. The van der Waals surface area contributed by atoms with Crippen molar-refractivity contribution in [2.45, 2.75) is 6.92 Å². The van der Waals surface area contributed by atoms with Gasteiger partial charge >= 0.3 is 12.0 Å². The van der Waals surface area contributed by atoms with Gasteiger partial charge in [0.2, 0.25) is 0 Å². The summed E-state index contributed by atoms with van der Waals surface area (Å²) >= 11 is 0. The van der Waals surface area contributed by atoms with Gasteiger partial charge in [-0.2, -0.15) is 0 Å². The summed E-state index contributed by atoms with van der Waals surface area (Å²) < 4.78 is 20.8. The smallest absolute Gasteiger partial charge is 0.340 e. The van der Waals surface area contributed by atoms with E-state index >= 15 is 0 Å². The second kappa shape index (κ2) is 12.1. The molecule has 0 atom stereocenters. The molecule has 10 nitrogen and oxygen atoms in total. The van der Waals surface area contributed by atoms with Crippen LogP contribution in [-0.2, 0) is 4.74 Å². The van der Waals surface area contributed by atoms with Crippen molar-refractivity contribution in [3.8, 4) is 17.2 Å². The van der Waals surface area contributed by atoms with Crippen molar-refractivity contribution in [1.29, 1.82) is 0 Å². The van der Waals surface area contributed by atoms with Crippen molar-refractivity contribution in [2.75, 3.05) is 43.9 Å². The Balaban J connectivity index is 1.72. The molecule has 0 unspecified atom stereocenters. The number of urea groups is 1. The normalized spacial score (nSPS) is 10.1. The fourth-order valence-electron chi connectivity index (χ4n) is 3.25. The van der Waals surface area contributed by atoms with Crippen molar-refractivity contribution < 1.29 is 33.3 Å². The summed E-state index contributed by atoms with van der Waals surface area (Å²) in [5.74, 6) is 0.183. The lowest BCUT2D eigenvalue weighted by atomic mass is 10.1. The van der Waals surface area contributed by atoms with Crippen LogP contribution in [0.5, 0.6) is 17.2 Å². The third-order valence-corrected chi connectivity index (χ3v) is 5.00. The highest BCUT2D eigenvalue weighted by atomic mass is 16.5. The molecule has 188 valence electrons. The van der Waals surface area contributed by atoms with E-state index in [1.54, 1.807) is 62.6 Å². The lowest BCUT2D eigenvalue weighted by Gasteiger charge is -2.15. The number of ether oxygens (including phenoxy) is 4. The zero-order valence-electron chi connectivity index (χ0n) is 20.3. The number of hydrogen-bond donors (Lipinski definition) is 3. The molecule has 0 bridgehead atoms. The minimum atomic E-state index is -0.615. The Kier molecular flexibility index (Phi) is 8.71. The van der Waals surface area contributed by atoms with Gasteiger partial charge < -0.3 is 34.9 Å². The molecule has 0 aliphatic carbocycles. The molecule has 10 heteroatoms. The number of nitrogens with one attached hydrogen (secondary N) is 3. The number of hydrogen-bond acceptors (Lipinski definition) is 7. The first kappa shape index (κ1) is 25.9. The molecule has 0 aliphatic rings. The summed E-state index contributed by atoms with van der Waals surface area (Å²) in [5, 5.41) is 8.11. The van der Waals surface area contributed by atoms with Crippen molar-refractivity contribution in [2.24, 2.45) is 0 Å². The van der Waals surface area contributed by atoms with Gasteiger partial charge in [-0.3, -0.25) is 4.79 Å². The van der Waals surface area contributed by atoms with Crippen LogP contribution in [0.4, 0.5) is 21.9 Å². The number of carbonyl (C=O) groups excluding carboxylic acids is 3. The average molecular weight is 494 g/mol. The minimum absolute atomic E-state index is 0.121. The van der Waals surface area contributed by atoms with E-state index in [2.05, 4.69) is 16.0 Å². The standard InChI is InChI=1S/C26H27N3O7/c1-5-36-25(31)20-14-22(34-3)23(35-4)15-21(20)29-24(30)16-9-11-17(12-10-16)27-26(32)28-18-7-6-8-19(13-18)33-2/h6-15H,5H2,1-4H3,(H,29,30)(H2,27,28,32). The van der Waals surface area contributed by atoms with Crippen LogP contribution in [0.1, 0.15) is 27.6 Å². The van der Waals surface area contributed by atoms with Crippen molar-refractivity contribution in [3.05, 3.63) is 71.8 Å². The predicted octanol–water partition coefficient (Wildman–Crippen LogP) is 4.79. The third kappa shape index (κ3) is 6.44. The van der Waals surface area contributed by atoms with Gasteiger partial charge in [0.25, 0.3) is 5.91 Å². The Morgan fingerprint density at radius 3 is 2.06 bits per heavy atom. The molecule has 3 aromatic carbocycles. The summed E-state index contributed by atoms with van der Waals surface area (Å²) in [7, 11) is 4.43. The van der Waals surface area contributed by atoms with Crippen LogP contribution in [0.15, 0.2) is 60.7 Å². The first-order valence-electron chi connectivity index (χ1n) is 10.9. The summed E-state index contributed by atoms with van der Waals surface area (Å²) in [6.07, 6.45) is 0. The molecule has 0 radical (unpaired) electrons. The molecule has 0 heterocycles. The van der Waals surface area contributed by atoms with Gasteiger partial charge in [0.1, 0.15) is 5.75 Å². The fraction of sp³-hybridized carbons (Fsp3) is 0.192. The summed E-state index contributed by atoms with van der Waals surface area (Å²) in [5.41, 5.74) is 1.67. The van der Waals surface area contributed by atoms with Gasteiger partial charge in [-0.15, -0.1) is 0 Å². The quantitative estimate of drug-likeness (QED) is 0.366. The van der Waals surface area contributed by atoms with E-state index in [-0.39, 0.29) is 17.9 Å². The molecule has 0 spiro atoms. The van der Waals surface area contributed by atoms with Crippen LogP contribution in [0.2, 0.25) is 0 Å². The Morgan fingerprint density at radius 2 is 1.42 bits per heavy atom. The molecule has 0 saturated carbocycles. The summed E-state index contributed by atoms with van der Waals surface area (Å²) in [6.45, 7) is 1.85. The highest BCUT2D eigenvalue weighted by molar-refractivity contribution is 6.09.